The molecule has 0 bridgehead atoms. The Hall–Kier alpha value is -0.970. The first kappa shape index (κ1) is 21.9. The molecule has 0 saturated carbocycles. The molecule has 5 unspecified atom stereocenters. The van der Waals surface area contributed by atoms with Gasteiger partial charge in [-0.2, -0.15) is 5.48 Å². The van der Waals surface area contributed by atoms with Crippen LogP contribution in [0.1, 0.15) is 46.5 Å². The van der Waals surface area contributed by atoms with Gasteiger partial charge in [0.1, 0.15) is 5.60 Å². The van der Waals surface area contributed by atoms with Crippen molar-refractivity contribution in [2.75, 3.05) is 39.4 Å². The molecule has 5 fully saturated rings. The van der Waals surface area contributed by atoms with E-state index in [4.69, 9.17) is 14.3 Å². The lowest BCUT2D eigenvalue weighted by Gasteiger charge is -2.42. The lowest BCUT2D eigenvalue weighted by Crippen LogP contribution is -2.59. The number of nitrogens with zero attached hydrogens (tertiary/aromatic N) is 2. The van der Waals surface area contributed by atoms with Crippen LogP contribution in [0.4, 0.5) is 4.79 Å². The quantitative estimate of drug-likeness (QED) is 0.599. The fourth-order valence-corrected chi connectivity index (χ4v) is 5.81. The van der Waals surface area contributed by atoms with Crippen LogP contribution in [0.15, 0.2) is 0 Å². The topological polar surface area (TPSA) is 87.3 Å². The van der Waals surface area contributed by atoms with Gasteiger partial charge in [-0.05, 0) is 52.4 Å². The van der Waals surface area contributed by atoms with E-state index >= 15 is 0 Å². The number of fused-ring (bicyclic) bond motifs is 1. The van der Waals surface area contributed by atoms with Gasteiger partial charge in [0, 0.05) is 50.2 Å². The Labute approximate surface area is 185 Å². The fourth-order valence-electron chi connectivity index (χ4n) is 5.81. The second kappa shape index (κ2) is 8.76. The molecule has 0 aromatic rings. The average Bonchev–Trinajstić information content (AvgIpc) is 3.33. The van der Waals surface area contributed by atoms with E-state index in [1.54, 1.807) is 0 Å². The number of hydrogen-bond donors (Lipinski definition) is 3. The van der Waals surface area contributed by atoms with Crippen molar-refractivity contribution in [1.82, 2.24) is 26.1 Å². The molecule has 5 aliphatic heterocycles. The molecule has 31 heavy (non-hydrogen) atoms. The predicted octanol–water partition coefficient (Wildman–Crippen LogP) is 0.861. The maximum absolute atomic E-state index is 12.3. The second-order valence-corrected chi connectivity index (χ2v) is 11.0. The largest absolute Gasteiger partial charge is 0.444 e. The van der Waals surface area contributed by atoms with Crippen LogP contribution in [0.3, 0.4) is 0 Å². The van der Waals surface area contributed by atoms with Gasteiger partial charge < -0.3 is 19.7 Å². The first-order chi connectivity index (χ1) is 14.9. The number of hydroxylamine groups is 1. The van der Waals surface area contributed by atoms with E-state index in [2.05, 4.69) is 21.2 Å². The van der Waals surface area contributed by atoms with Gasteiger partial charge in [0.05, 0.1) is 25.4 Å². The van der Waals surface area contributed by atoms with Gasteiger partial charge in [-0.3, -0.25) is 10.3 Å². The van der Waals surface area contributed by atoms with Crippen molar-refractivity contribution in [2.24, 2.45) is 11.8 Å². The Kier molecular flexibility index (Phi) is 6.17. The van der Waals surface area contributed by atoms with Crippen LogP contribution in [-0.4, -0.2) is 91.3 Å². The highest BCUT2D eigenvalue weighted by molar-refractivity contribution is 5.68. The number of piperidine rings is 2. The predicted molar refractivity (Wildman–Crippen MR) is 115 cm³/mol. The normalized spacial score (nSPS) is 38.2. The first-order valence-corrected chi connectivity index (χ1v) is 12.1. The molecule has 0 spiro atoms. The van der Waals surface area contributed by atoms with Gasteiger partial charge in [0.2, 0.25) is 0 Å². The summed E-state index contributed by atoms with van der Waals surface area (Å²) >= 11 is 0. The Bertz CT molecular complexity index is 646. The SMILES string of the molecule is CC(C)(C)OC(=O)N1CCC(C2CC(C3CNC4CNN(C5COC5)C4C3)ON2)CC1. The molecule has 3 N–H and O–H groups in total. The van der Waals surface area contributed by atoms with Gasteiger partial charge in [0.15, 0.2) is 0 Å². The molecule has 5 saturated heterocycles. The summed E-state index contributed by atoms with van der Waals surface area (Å²) in [5.41, 5.74) is 6.51. The summed E-state index contributed by atoms with van der Waals surface area (Å²) in [5, 5.41) is 6.21. The standard InChI is InChI=1S/C22H39N5O4/c1-22(2,3)30-21(28)26-6-4-14(5-7-26)17-9-20(31-25-17)15-8-19-18(23-10-15)11-24-27(19)16-12-29-13-16/h14-20,23-25H,4-13H2,1-3H3. The molecule has 0 aromatic carbocycles. The van der Waals surface area contributed by atoms with Crippen LogP contribution < -0.4 is 16.2 Å². The Balaban J connectivity index is 1.10. The molecule has 0 aromatic heterocycles. The van der Waals surface area contributed by atoms with Crippen molar-refractivity contribution in [1.29, 1.82) is 0 Å². The van der Waals surface area contributed by atoms with Crippen LogP contribution in [0.5, 0.6) is 0 Å². The zero-order valence-corrected chi connectivity index (χ0v) is 19.1. The number of rotatable bonds is 3. The highest BCUT2D eigenvalue weighted by Gasteiger charge is 2.47. The zero-order chi connectivity index (χ0) is 21.6. The van der Waals surface area contributed by atoms with E-state index < -0.39 is 5.60 Å². The third-order valence-corrected chi connectivity index (χ3v) is 7.66. The highest BCUT2D eigenvalue weighted by Crippen LogP contribution is 2.34. The smallest absolute Gasteiger partial charge is 0.410 e. The third-order valence-electron chi connectivity index (χ3n) is 7.66. The maximum atomic E-state index is 12.3. The van der Waals surface area contributed by atoms with Crippen LogP contribution in [0.25, 0.3) is 0 Å². The van der Waals surface area contributed by atoms with Crippen molar-refractivity contribution in [3.8, 4) is 0 Å². The summed E-state index contributed by atoms with van der Waals surface area (Å²) in [5.74, 6) is 1.06. The molecule has 176 valence electrons. The number of hydrogen-bond acceptors (Lipinski definition) is 8. The first-order valence-electron chi connectivity index (χ1n) is 12.1. The highest BCUT2D eigenvalue weighted by atomic mass is 16.7. The number of nitrogens with one attached hydrogen (secondary N) is 3. The molecule has 9 heteroatoms. The lowest BCUT2D eigenvalue weighted by atomic mass is 9.81. The van der Waals surface area contributed by atoms with E-state index in [0.29, 0.717) is 36.0 Å². The molecule has 5 aliphatic rings. The number of hydrazine groups is 1. The van der Waals surface area contributed by atoms with Crippen LogP contribution in [0, 0.1) is 11.8 Å². The molecule has 5 atom stereocenters. The Morgan fingerprint density at radius 1 is 1.03 bits per heavy atom. The second-order valence-electron chi connectivity index (χ2n) is 11.0. The number of carbonyl (C=O) groups is 1. The minimum atomic E-state index is -0.439. The zero-order valence-electron chi connectivity index (χ0n) is 19.1. The van der Waals surface area contributed by atoms with E-state index in [0.717, 1.165) is 65.1 Å². The summed E-state index contributed by atoms with van der Waals surface area (Å²) < 4.78 is 10.9. The minimum Gasteiger partial charge on any atom is -0.444 e. The van der Waals surface area contributed by atoms with E-state index in [1.165, 1.54) is 0 Å². The summed E-state index contributed by atoms with van der Waals surface area (Å²) in [4.78, 5) is 20.3. The van der Waals surface area contributed by atoms with Crippen LogP contribution in [0.2, 0.25) is 0 Å². The Morgan fingerprint density at radius 3 is 2.48 bits per heavy atom. The van der Waals surface area contributed by atoms with E-state index in [9.17, 15) is 4.79 Å². The number of likely N-dealkylation sites (tertiary alicyclic amines) is 1. The van der Waals surface area contributed by atoms with Crippen LogP contribution in [-0.2, 0) is 14.3 Å². The molecule has 5 rings (SSSR count). The van der Waals surface area contributed by atoms with Gasteiger partial charge in [-0.1, -0.05) is 0 Å². The molecule has 9 nitrogen and oxygen atoms in total. The monoisotopic (exact) mass is 437 g/mol. The van der Waals surface area contributed by atoms with Crippen molar-refractivity contribution in [2.45, 2.75) is 82.3 Å². The van der Waals surface area contributed by atoms with Gasteiger partial charge in [-0.25, -0.2) is 9.80 Å². The summed E-state index contributed by atoms with van der Waals surface area (Å²) in [6.07, 6.45) is 4.29. The van der Waals surface area contributed by atoms with Crippen molar-refractivity contribution >= 4 is 6.09 Å². The summed E-state index contributed by atoms with van der Waals surface area (Å²) in [6.45, 7) is 11.0. The summed E-state index contributed by atoms with van der Waals surface area (Å²) in [6, 6.07) is 1.94. The van der Waals surface area contributed by atoms with Crippen molar-refractivity contribution < 1.29 is 19.1 Å². The lowest BCUT2D eigenvalue weighted by molar-refractivity contribution is -0.0968. The third kappa shape index (κ3) is 4.72. The Morgan fingerprint density at radius 2 is 1.81 bits per heavy atom. The van der Waals surface area contributed by atoms with E-state index in [-0.39, 0.29) is 12.2 Å². The van der Waals surface area contributed by atoms with Gasteiger partial charge >= 0.3 is 6.09 Å². The molecular weight excluding hydrogens is 398 g/mol. The number of amides is 1. The molecule has 0 aliphatic carbocycles. The fraction of sp³-hybridized carbons (Fsp3) is 0.955. The van der Waals surface area contributed by atoms with Gasteiger partial charge in [0.25, 0.3) is 0 Å². The van der Waals surface area contributed by atoms with Crippen molar-refractivity contribution in [3.63, 3.8) is 0 Å². The van der Waals surface area contributed by atoms with E-state index in [1.807, 2.05) is 25.7 Å². The molecule has 5 heterocycles. The average molecular weight is 438 g/mol. The maximum Gasteiger partial charge on any atom is 0.410 e. The number of ether oxygens (including phenoxy) is 2. The van der Waals surface area contributed by atoms with Crippen molar-refractivity contribution in [3.05, 3.63) is 0 Å². The molecule has 0 radical (unpaired) electrons. The minimum absolute atomic E-state index is 0.186. The van der Waals surface area contributed by atoms with Crippen LogP contribution >= 0.6 is 0 Å². The molecule has 1 amide bonds. The molecular formula is C22H39N5O4. The number of carbonyl (C=O) groups excluding carboxylic acids is 1. The summed E-state index contributed by atoms with van der Waals surface area (Å²) in [7, 11) is 0. The van der Waals surface area contributed by atoms with Gasteiger partial charge in [-0.15, -0.1) is 0 Å².